The van der Waals surface area contributed by atoms with Crippen LogP contribution >= 0.6 is 12.2 Å². The zero-order valence-electron chi connectivity index (χ0n) is 15.7. The van der Waals surface area contributed by atoms with Gasteiger partial charge in [0, 0.05) is 30.0 Å². The van der Waals surface area contributed by atoms with Crippen molar-refractivity contribution in [3.63, 3.8) is 0 Å². The third kappa shape index (κ3) is 3.30. The molecule has 1 aliphatic heterocycles. The highest BCUT2D eigenvalue weighted by molar-refractivity contribution is 7.80. The monoisotopic (exact) mass is 396 g/mol. The Balaban J connectivity index is 1.60. The van der Waals surface area contributed by atoms with Crippen LogP contribution in [0.4, 0.5) is 5.69 Å². The number of rotatable bonds is 4. The molecule has 1 aliphatic rings. The van der Waals surface area contributed by atoms with Gasteiger partial charge in [-0.2, -0.15) is 0 Å². The molecule has 0 bridgehead atoms. The third-order valence-corrected chi connectivity index (χ3v) is 5.56. The van der Waals surface area contributed by atoms with Crippen LogP contribution in [-0.2, 0) is 0 Å². The van der Waals surface area contributed by atoms with Gasteiger partial charge in [0.05, 0.1) is 17.8 Å². The Hall–Kier alpha value is -3.44. The van der Waals surface area contributed by atoms with Gasteiger partial charge in [-0.3, -0.25) is 4.98 Å². The summed E-state index contributed by atoms with van der Waals surface area (Å²) in [4.78, 5) is 6.80. The summed E-state index contributed by atoms with van der Waals surface area (Å²) in [6, 6.07) is 28.8. The summed E-state index contributed by atoms with van der Waals surface area (Å²) in [5.74, 6) is 0. The van der Waals surface area contributed by atoms with Crippen LogP contribution < -0.4 is 10.2 Å². The standard InChI is InChI=1S/C24H20N4S/c29-24-26-22(21-13-7-8-15-25-21)23(28(24)20-11-5-2-6-12-20)18-14-16-27(17-18)19-9-3-1-4-10-19/h1-17,22-23H,(H,26,29)/t22-,23+/m1/s1. The zero-order valence-corrected chi connectivity index (χ0v) is 16.5. The normalized spacial score (nSPS) is 18.6. The van der Waals surface area contributed by atoms with Crippen molar-refractivity contribution < 1.29 is 0 Å². The lowest BCUT2D eigenvalue weighted by Crippen LogP contribution is -2.29. The number of aromatic nitrogens is 2. The molecule has 2 aromatic carbocycles. The van der Waals surface area contributed by atoms with Crippen LogP contribution in [0.1, 0.15) is 23.3 Å². The van der Waals surface area contributed by atoms with Crippen LogP contribution in [0.15, 0.2) is 104 Å². The molecule has 0 radical (unpaired) electrons. The first kappa shape index (κ1) is 17.6. The number of nitrogens with zero attached hydrogens (tertiary/aromatic N) is 3. The van der Waals surface area contributed by atoms with E-state index >= 15 is 0 Å². The van der Waals surface area contributed by atoms with E-state index in [-0.39, 0.29) is 12.1 Å². The second-order valence-corrected chi connectivity index (χ2v) is 7.41. The third-order valence-electron chi connectivity index (χ3n) is 5.24. The summed E-state index contributed by atoms with van der Waals surface area (Å²) >= 11 is 5.76. The molecule has 142 valence electrons. The predicted molar refractivity (Wildman–Crippen MR) is 120 cm³/mol. The molecule has 0 aliphatic carbocycles. The maximum absolute atomic E-state index is 5.76. The van der Waals surface area contributed by atoms with Gasteiger partial charge in [0.1, 0.15) is 0 Å². The first-order valence-corrected chi connectivity index (χ1v) is 10.0. The number of pyridine rings is 1. The van der Waals surface area contributed by atoms with Crippen LogP contribution in [0.2, 0.25) is 0 Å². The number of hydrogen-bond donors (Lipinski definition) is 1. The van der Waals surface area contributed by atoms with Crippen LogP contribution in [0, 0.1) is 0 Å². The van der Waals surface area contributed by atoms with Crippen molar-refractivity contribution in [2.45, 2.75) is 12.1 Å². The molecule has 1 saturated heterocycles. The Morgan fingerprint density at radius 1 is 0.793 bits per heavy atom. The Morgan fingerprint density at radius 2 is 1.48 bits per heavy atom. The van der Waals surface area contributed by atoms with E-state index < -0.39 is 0 Å². The topological polar surface area (TPSA) is 33.1 Å². The Kier molecular flexibility index (Phi) is 4.58. The number of para-hydroxylation sites is 2. The predicted octanol–water partition coefficient (Wildman–Crippen LogP) is 5.05. The molecule has 29 heavy (non-hydrogen) atoms. The van der Waals surface area contributed by atoms with E-state index in [1.54, 1.807) is 0 Å². The minimum Gasteiger partial charge on any atom is -0.351 e. The van der Waals surface area contributed by atoms with Gasteiger partial charge in [-0.25, -0.2) is 0 Å². The van der Waals surface area contributed by atoms with Crippen molar-refractivity contribution in [2.24, 2.45) is 0 Å². The zero-order chi connectivity index (χ0) is 19.6. The summed E-state index contributed by atoms with van der Waals surface area (Å²) in [5, 5.41) is 4.21. The van der Waals surface area contributed by atoms with E-state index in [1.165, 1.54) is 5.56 Å². The summed E-state index contributed by atoms with van der Waals surface area (Å²) < 4.78 is 2.15. The van der Waals surface area contributed by atoms with Crippen LogP contribution in [0.3, 0.4) is 0 Å². The molecule has 0 saturated carbocycles. The van der Waals surface area contributed by atoms with Gasteiger partial charge in [-0.15, -0.1) is 0 Å². The first-order chi connectivity index (χ1) is 14.3. The van der Waals surface area contributed by atoms with Crippen molar-refractivity contribution in [3.8, 4) is 5.69 Å². The number of thiocarbonyl (C=S) groups is 1. The van der Waals surface area contributed by atoms with Gasteiger partial charge >= 0.3 is 0 Å². The molecule has 3 heterocycles. The lowest BCUT2D eigenvalue weighted by Gasteiger charge is -2.27. The number of nitrogens with one attached hydrogen (secondary N) is 1. The van der Waals surface area contributed by atoms with Crippen molar-refractivity contribution in [1.82, 2.24) is 14.9 Å². The molecule has 1 N–H and O–H groups in total. The minimum atomic E-state index is -0.0319. The maximum Gasteiger partial charge on any atom is 0.174 e. The molecule has 0 amide bonds. The first-order valence-electron chi connectivity index (χ1n) is 9.60. The molecule has 4 aromatic rings. The fourth-order valence-electron chi connectivity index (χ4n) is 3.91. The van der Waals surface area contributed by atoms with Gasteiger partial charge in [-0.05, 0) is 60.2 Å². The second-order valence-electron chi connectivity index (χ2n) is 7.02. The molecule has 5 rings (SSSR count). The van der Waals surface area contributed by atoms with E-state index in [0.717, 1.165) is 17.1 Å². The SMILES string of the molecule is S=C1N[C@H](c2ccccn2)[C@H](c2ccn(-c3ccccc3)c2)N1c1ccccc1. The van der Waals surface area contributed by atoms with Crippen molar-refractivity contribution in [1.29, 1.82) is 0 Å². The molecule has 5 heteroatoms. The summed E-state index contributed by atoms with van der Waals surface area (Å²) in [7, 11) is 0. The Bertz CT molecular complexity index is 1110. The van der Waals surface area contributed by atoms with Crippen molar-refractivity contribution in [3.05, 3.63) is 115 Å². The lowest BCUT2D eigenvalue weighted by molar-refractivity contribution is 0.568. The second kappa shape index (κ2) is 7.53. The summed E-state index contributed by atoms with van der Waals surface area (Å²) in [6.45, 7) is 0. The van der Waals surface area contributed by atoms with Crippen LogP contribution in [0.5, 0.6) is 0 Å². The number of anilines is 1. The number of hydrogen-bond acceptors (Lipinski definition) is 2. The van der Waals surface area contributed by atoms with Gasteiger partial charge in [-0.1, -0.05) is 42.5 Å². The van der Waals surface area contributed by atoms with Crippen molar-refractivity contribution >= 4 is 23.0 Å². The summed E-state index contributed by atoms with van der Waals surface area (Å²) in [6.07, 6.45) is 6.11. The molecule has 1 fully saturated rings. The average Bonchev–Trinajstić information content (AvgIpc) is 3.40. The van der Waals surface area contributed by atoms with Crippen molar-refractivity contribution in [2.75, 3.05) is 4.90 Å². The fourth-order valence-corrected chi connectivity index (χ4v) is 4.26. The van der Waals surface area contributed by atoms with E-state index in [9.17, 15) is 0 Å². The molecule has 4 nitrogen and oxygen atoms in total. The fraction of sp³-hybridized carbons (Fsp3) is 0.0833. The van der Waals surface area contributed by atoms with Gasteiger partial charge < -0.3 is 14.8 Å². The van der Waals surface area contributed by atoms with Gasteiger partial charge in [0.25, 0.3) is 0 Å². The maximum atomic E-state index is 5.76. The average molecular weight is 397 g/mol. The molecular formula is C24H20N4S. The Morgan fingerprint density at radius 3 is 2.17 bits per heavy atom. The minimum absolute atomic E-state index is 0.00441. The molecule has 2 atom stereocenters. The largest absolute Gasteiger partial charge is 0.351 e. The van der Waals surface area contributed by atoms with Gasteiger partial charge in [0.2, 0.25) is 0 Å². The molecule has 2 aromatic heterocycles. The van der Waals surface area contributed by atoms with E-state index in [1.807, 2.05) is 54.7 Å². The molecule has 0 unspecified atom stereocenters. The molecule has 0 spiro atoms. The Labute approximate surface area is 175 Å². The van der Waals surface area contributed by atoms with E-state index in [4.69, 9.17) is 12.2 Å². The van der Waals surface area contributed by atoms with E-state index in [0.29, 0.717) is 5.11 Å². The highest BCUT2D eigenvalue weighted by atomic mass is 32.1. The number of benzene rings is 2. The summed E-state index contributed by atoms with van der Waals surface area (Å²) in [5.41, 5.74) is 4.36. The van der Waals surface area contributed by atoms with Crippen LogP contribution in [0.25, 0.3) is 5.69 Å². The van der Waals surface area contributed by atoms with E-state index in [2.05, 4.69) is 68.6 Å². The lowest BCUT2D eigenvalue weighted by atomic mass is 9.98. The molecular weight excluding hydrogens is 376 g/mol. The highest BCUT2D eigenvalue weighted by Crippen LogP contribution is 2.41. The smallest absolute Gasteiger partial charge is 0.174 e. The van der Waals surface area contributed by atoms with Crippen LogP contribution in [-0.4, -0.2) is 14.7 Å². The quantitative estimate of drug-likeness (QED) is 0.490. The highest BCUT2D eigenvalue weighted by Gasteiger charge is 2.40. The van der Waals surface area contributed by atoms with Gasteiger partial charge in [0.15, 0.2) is 5.11 Å².